The monoisotopic (exact) mass is 350 g/mol. The molecule has 0 heterocycles. The number of carbonyl (C=O) groups is 3. The second-order valence-corrected chi connectivity index (χ2v) is 8.74. The second-order valence-electron chi connectivity index (χ2n) is 8.74. The van der Waals surface area contributed by atoms with E-state index in [0.29, 0.717) is 24.9 Å². The zero-order valence-corrected chi connectivity index (χ0v) is 15.8. The Labute approximate surface area is 149 Å². The van der Waals surface area contributed by atoms with E-state index >= 15 is 0 Å². The molecule has 2 unspecified atom stereocenters. The summed E-state index contributed by atoms with van der Waals surface area (Å²) in [7, 11) is 0. The lowest BCUT2D eigenvalue weighted by atomic mass is 9.58. The van der Waals surface area contributed by atoms with E-state index in [9.17, 15) is 19.5 Å². The summed E-state index contributed by atoms with van der Waals surface area (Å²) in [5.41, 5.74) is 1.55. The molecule has 25 heavy (non-hydrogen) atoms. The number of ketones is 1. The molecular formula is C20H30O5. The highest BCUT2D eigenvalue weighted by molar-refractivity contribution is 6.03. The minimum Gasteiger partial charge on any atom is -0.481 e. The molecule has 0 spiro atoms. The number of aliphatic carboxylic acids is 1. The van der Waals surface area contributed by atoms with Crippen LogP contribution in [0.2, 0.25) is 0 Å². The number of ether oxygens (including phenoxy) is 1. The van der Waals surface area contributed by atoms with Gasteiger partial charge in [0.1, 0.15) is 6.61 Å². The normalized spacial score (nSPS) is 30.7. The summed E-state index contributed by atoms with van der Waals surface area (Å²) in [6, 6.07) is 0. The summed E-state index contributed by atoms with van der Waals surface area (Å²) in [6.07, 6.45) is 5.53. The van der Waals surface area contributed by atoms with Gasteiger partial charge in [-0.15, -0.1) is 0 Å². The average Bonchev–Trinajstić information content (AvgIpc) is 2.51. The van der Waals surface area contributed by atoms with E-state index in [1.165, 1.54) is 0 Å². The Morgan fingerprint density at radius 2 is 2.04 bits per heavy atom. The van der Waals surface area contributed by atoms with Crippen molar-refractivity contribution in [3.63, 3.8) is 0 Å². The first-order valence-corrected chi connectivity index (χ1v) is 9.17. The molecule has 5 nitrogen and oxygen atoms in total. The third kappa shape index (κ3) is 4.13. The van der Waals surface area contributed by atoms with E-state index in [0.717, 1.165) is 31.3 Å². The number of carbonyl (C=O) groups excluding carboxylic acids is 2. The molecule has 1 N–H and O–H groups in total. The smallest absolute Gasteiger partial charge is 0.310 e. The molecule has 0 bridgehead atoms. The number of hydrogen-bond acceptors (Lipinski definition) is 4. The molecule has 2 aliphatic rings. The number of rotatable bonds is 6. The average molecular weight is 350 g/mol. The predicted molar refractivity (Wildman–Crippen MR) is 93.9 cm³/mol. The lowest BCUT2D eigenvalue weighted by Crippen LogP contribution is -2.39. The maximum absolute atomic E-state index is 13.0. The molecule has 2 aliphatic carbocycles. The Hall–Kier alpha value is -1.65. The first kappa shape index (κ1) is 19.7. The molecule has 0 aliphatic heterocycles. The van der Waals surface area contributed by atoms with Gasteiger partial charge in [-0.1, -0.05) is 32.8 Å². The molecule has 0 aromatic carbocycles. The second kappa shape index (κ2) is 7.30. The lowest BCUT2D eigenvalue weighted by molar-refractivity contribution is -0.142. The number of Topliss-reactive ketones (excluding diaryl/α,β-unsaturated/α-hetero) is 1. The fraction of sp³-hybridized carbons (Fsp3) is 0.750. The molecule has 5 heteroatoms. The first-order chi connectivity index (χ1) is 11.6. The van der Waals surface area contributed by atoms with Crippen molar-refractivity contribution < 1.29 is 24.2 Å². The van der Waals surface area contributed by atoms with Gasteiger partial charge in [0.15, 0.2) is 5.78 Å². The van der Waals surface area contributed by atoms with Gasteiger partial charge in [0.25, 0.3) is 6.47 Å². The van der Waals surface area contributed by atoms with Crippen LogP contribution in [0, 0.1) is 22.7 Å². The predicted octanol–water partition coefficient (Wildman–Crippen LogP) is 3.76. The van der Waals surface area contributed by atoms with Gasteiger partial charge in [-0.25, -0.2) is 0 Å². The minimum atomic E-state index is -0.975. The molecule has 3 atom stereocenters. The SMILES string of the molecule is CC(C(=O)O)C1=C(C2(C)CCCC(C)(C)C2)CC[C@@H](COC=O)C1=O. The molecule has 0 aromatic rings. The fourth-order valence-corrected chi connectivity index (χ4v) is 4.94. The van der Waals surface area contributed by atoms with Crippen molar-refractivity contribution in [3.8, 4) is 0 Å². The van der Waals surface area contributed by atoms with Crippen LogP contribution >= 0.6 is 0 Å². The van der Waals surface area contributed by atoms with Crippen LogP contribution < -0.4 is 0 Å². The van der Waals surface area contributed by atoms with Crippen LogP contribution in [0.4, 0.5) is 0 Å². The highest BCUT2D eigenvalue weighted by atomic mass is 16.5. The molecule has 0 saturated heterocycles. The fourth-order valence-electron chi connectivity index (χ4n) is 4.94. The van der Waals surface area contributed by atoms with Crippen molar-refractivity contribution >= 4 is 18.2 Å². The molecule has 2 rings (SSSR count). The van der Waals surface area contributed by atoms with E-state index in [1.807, 2.05) is 0 Å². The van der Waals surface area contributed by atoms with Crippen molar-refractivity contribution in [1.82, 2.24) is 0 Å². The summed E-state index contributed by atoms with van der Waals surface area (Å²) in [4.78, 5) is 35.1. The van der Waals surface area contributed by atoms with Crippen LogP contribution in [0.25, 0.3) is 0 Å². The van der Waals surface area contributed by atoms with E-state index in [2.05, 4.69) is 20.8 Å². The van der Waals surface area contributed by atoms with Crippen molar-refractivity contribution in [2.24, 2.45) is 22.7 Å². The van der Waals surface area contributed by atoms with Gasteiger partial charge in [0.05, 0.1) is 11.8 Å². The van der Waals surface area contributed by atoms with E-state index in [1.54, 1.807) is 6.92 Å². The largest absolute Gasteiger partial charge is 0.481 e. The van der Waals surface area contributed by atoms with Crippen LogP contribution in [0.5, 0.6) is 0 Å². The number of allylic oxidation sites excluding steroid dienone is 1. The molecule has 0 aromatic heterocycles. The van der Waals surface area contributed by atoms with E-state index < -0.39 is 17.8 Å². The van der Waals surface area contributed by atoms with Gasteiger partial charge in [-0.05, 0) is 49.9 Å². The summed E-state index contributed by atoms with van der Waals surface area (Å²) < 4.78 is 4.80. The van der Waals surface area contributed by atoms with Gasteiger partial charge in [0.2, 0.25) is 0 Å². The number of carboxylic acid groups (broad SMARTS) is 1. The Kier molecular flexibility index (Phi) is 5.75. The van der Waals surface area contributed by atoms with Crippen LogP contribution in [0.3, 0.4) is 0 Å². The highest BCUT2D eigenvalue weighted by Gasteiger charge is 2.45. The minimum absolute atomic E-state index is 0.0354. The van der Waals surface area contributed by atoms with Crippen molar-refractivity contribution in [3.05, 3.63) is 11.1 Å². The Bertz CT molecular complexity index is 589. The number of hydrogen-bond donors (Lipinski definition) is 1. The summed E-state index contributed by atoms with van der Waals surface area (Å²) in [5, 5.41) is 9.54. The summed E-state index contributed by atoms with van der Waals surface area (Å²) in [5.74, 6) is -2.38. The first-order valence-electron chi connectivity index (χ1n) is 9.17. The van der Waals surface area contributed by atoms with Crippen LogP contribution in [-0.4, -0.2) is 29.9 Å². The molecule has 0 radical (unpaired) electrons. The van der Waals surface area contributed by atoms with Gasteiger partial charge >= 0.3 is 5.97 Å². The van der Waals surface area contributed by atoms with E-state index in [-0.39, 0.29) is 23.2 Å². The highest BCUT2D eigenvalue weighted by Crippen LogP contribution is 2.53. The standard InChI is InChI=1S/C20H30O5/c1-13(18(23)24)16-15(7-6-14(17(16)22)10-25-12-21)20(4)9-5-8-19(2,3)11-20/h12-14H,5-11H2,1-4H3,(H,23,24)/t13?,14-,20?/m0/s1. The van der Waals surface area contributed by atoms with Crippen LogP contribution in [0.15, 0.2) is 11.1 Å². The van der Waals surface area contributed by atoms with Crippen molar-refractivity contribution in [1.29, 1.82) is 0 Å². The van der Waals surface area contributed by atoms with E-state index in [4.69, 9.17) is 4.74 Å². The third-order valence-electron chi connectivity index (χ3n) is 6.05. The van der Waals surface area contributed by atoms with Crippen LogP contribution in [-0.2, 0) is 19.1 Å². The molecular weight excluding hydrogens is 320 g/mol. The van der Waals surface area contributed by atoms with Gasteiger partial charge < -0.3 is 9.84 Å². The molecule has 1 saturated carbocycles. The number of carboxylic acids is 1. The Morgan fingerprint density at radius 3 is 2.60 bits per heavy atom. The summed E-state index contributed by atoms with van der Waals surface area (Å²) in [6.45, 7) is 8.65. The topological polar surface area (TPSA) is 80.7 Å². The van der Waals surface area contributed by atoms with Gasteiger partial charge in [-0.2, -0.15) is 0 Å². The Balaban J connectivity index is 2.45. The van der Waals surface area contributed by atoms with Gasteiger partial charge in [0, 0.05) is 5.57 Å². The van der Waals surface area contributed by atoms with Crippen molar-refractivity contribution in [2.75, 3.05) is 6.61 Å². The zero-order valence-electron chi connectivity index (χ0n) is 15.8. The maximum atomic E-state index is 13.0. The molecule has 140 valence electrons. The maximum Gasteiger partial charge on any atom is 0.310 e. The molecule has 0 amide bonds. The summed E-state index contributed by atoms with van der Waals surface area (Å²) >= 11 is 0. The lowest BCUT2D eigenvalue weighted by Gasteiger charge is -2.47. The molecule has 1 fully saturated rings. The third-order valence-corrected chi connectivity index (χ3v) is 6.05. The van der Waals surface area contributed by atoms with Gasteiger partial charge in [-0.3, -0.25) is 14.4 Å². The van der Waals surface area contributed by atoms with Crippen LogP contribution in [0.1, 0.15) is 66.2 Å². The quantitative estimate of drug-likeness (QED) is 0.738. The van der Waals surface area contributed by atoms with Crippen molar-refractivity contribution in [2.45, 2.75) is 66.2 Å². The zero-order chi connectivity index (χ0) is 18.8. The Morgan fingerprint density at radius 1 is 1.36 bits per heavy atom.